The number of fused-ring (bicyclic) bond motifs is 5. The van der Waals surface area contributed by atoms with Crippen LogP contribution in [0.3, 0.4) is 0 Å². The maximum atomic E-state index is 19.3. The Morgan fingerprint density at radius 1 is 0.562 bits per heavy atom. The second-order valence-electron chi connectivity index (χ2n) is 15.4. The molecular formula is C39H40B2FNO4Si. The molecule has 3 aliphatic rings. The van der Waals surface area contributed by atoms with Crippen LogP contribution in [-0.2, 0) is 18.6 Å². The van der Waals surface area contributed by atoms with Crippen molar-refractivity contribution >= 4 is 83.0 Å². The van der Waals surface area contributed by atoms with Crippen molar-refractivity contribution in [1.82, 2.24) is 4.98 Å². The maximum Gasteiger partial charge on any atom is 0.494 e. The fourth-order valence-corrected chi connectivity index (χ4v) is 10.7. The molecule has 0 amide bonds. The van der Waals surface area contributed by atoms with E-state index < -0.39 is 45.0 Å². The van der Waals surface area contributed by atoms with Gasteiger partial charge in [-0.1, -0.05) is 84.9 Å². The molecule has 9 heteroatoms. The second-order valence-corrected chi connectivity index (χ2v) is 18.3. The summed E-state index contributed by atoms with van der Waals surface area (Å²) in [6.07, 6.45) is 5.86. The highest BCUT2D eigenvalue weighted by Gasteiger charge is 2.54. The number of aromatic nitrogens is 1. The van der Waals surface area contributed by atoms with E-state index in [-0.39, 0.29) is 0 Å². The van der Waals surface area contributed by atoms with Crippen molar-refractivity contribution in [2.24, 2.45) is 0 Å². The number of nitrogens with zero attached hydrogens (tertiary/aromatic N) is 1. The van der Waals surface area contributed by atoms with E-state index in [1.54, 1.807) is 6.20 Å². The van der Waals surface area contributed by atoms with E-state index in [2.05, 4.69) is 12.1 Å². The van der Waals surface area contributed by atoms with E-state index in [1.165, 1.54) is 0 Å². The van der Waals surface area contributed by atoms with Crippen LogP contribution in [0.1, 0.15) is 66.5 Å². The van der Waals surface area contributed by atoms with E-state index in [0.717, 1.165) is 43.7 Å². The summed E-state index contributed by atoms with van der Waals surface area (Å²) in [5.41, 5.74) is 2.20. The SMILES string of the molecule is CC1(C)OB(c2ccc3c(c2)C=Cc2cc(B4OC(C)(C)C(C)(C)O4)ccc2[Si]3(F)c2cccc3ccc4cccnc4c23)OC1(C)C. The first-order chi connectivity index (χ1) is 22.6. The van der Waals surface area contributed by atoms with Crippen LogP contribution >= 0.6 is 0 Å². The van der Waals surface area contributed by atoms with Gasteiger partial charge < -0.3 is 18.6 Å². The van der Waals surface area contributed by atoms with E-state index in [9.17, 15) is 0 Å². The number of benzene rings is 4. The first-order valence-corrected chi connectivity index (χ1v) is 18.6. The van der Waals surface area contributed by atoms with Crippen molar-refractivity contribution < 1.29 is 22.7 Å². The Bertz CT molecular complexity index is 2040. The van der Waals surface area contributed by atoms with Crippen LogP contribution in [0.4, 0.5) is 4.11 Å². The van der Waals surface area contributed by atoms with E-state index in [1.807, 2.05) is 134 Å². The maximum absolute atomic E-state index is 19.3. The van der Waals surface area contributed by atoms with Crippen LogP contribution in [0, 0.1) is 0 Å². The van der Waals surface area contributed by atoms with Crippen molar-refractivity contribution in [1.29, 1.82) is 0 Å². The monoisotopic (exact) mass is 655 g/mol. The Hall–Kier alpha value is -3.59. The first-order valence-electron chi connectivity index (χ1n) is 16.8. The lowest BCUT2D eigenvalue weighted by atomic mass is 9.78. The molecule has 4 aromatic carbocycles. The van der Waals surface area contributed by atoms with Gasteiger partial charge in [-0.25, -0.2) is 0 Å². The molecule has 4 heterocycles. The Morgan fingerprint density at radius 2 is 1.04 bits per heavy atom. The summed E-state index contributed by atoms with van der Waals surface area (Å²) in [6, 6.07) is 26.0. The third kappa shape index (κ3) is 4.62. The number of hydrogen-bond donors (Lipinski definition) is 0. The largest absolute Gasteiger partial charge is 0.494 e. The van der Waals surface area contributed by atoms with Crippen LogP contribution in [0.5, 0.6) is 0 Å². The fraction of sp³-hybridized carbons (Fsp3) is 0.308. The first kappa shape index (κ1) is 31.7. The number of halogens is 1. The average molecular weight is 655 g/mol. The molecule has 5 aromatic rings. The molecule has 0 atom stereocenters. The molecule has 0 radical (unpaired) electrons. The number of hydrogen-bond acceptors (Lipinski definition) is 5. The van der Waals surface area contributed by atoms with E-state index >= 15 is 4.11 Å². The molecule has 0 spiro atoms. The van der Waals surface area contributed by atoms with Crippen molar-refractivity contribution in [2.45, 2.75) is 77.8 Å². The van der Waals surface area contributed by atoms with Crippen molar-refractivity contribution in [3.63, 3.8) is 0 Å². The highest BCUT2D eigenvalue weighted by atomic mass is 28.4. The van der Waals surface area contributed by atoms with Gasteiger partial charge in [0.25, 0.3) is 0 Å². The zero-order chi connectivity index (χ0) is 33.9. The molecule has 1 aromatic heterocycles. The molecule has 5 nitrogen and oxygen atoms in total. The molecular weight excluding hydrogens is 615 g/mol. The van der Waals surface area contributed by atoms with Crippen molar-refractivity contribution in [3.8, 4) is 0 Å². The minimum Gasteiger partial charge on any atom is -0.399 e. The lowest BCUT2D eigenvalue weighted by Crippen LogP contribution is -2.65. The Kier molecular flexibility index (Phi) is 6.90. The third-order valence-electron chi connectivity index (χ3n) is 11.4. The zero-order valence-corrected chi connectivity index (χ0v) is 29.9. The quantitative estimate of drug-likeness (QED) is 0.148. The highest BCUT2D eigenvalue weighted by Crippen LogP contribution is 2.38. The van der Waals surface area contributed by atoms with Gasteiger partial charge in [-0.05, 0) is 104 Å². The van der Waals surface area contributed by atoms with Crippen molar-refractivity contribution in [3.05, 3.63) is 96.2 Å². The summed E-state index contributed by atoms with van der Waals surface area (Å²) in [5, 5.41) is 4.85. The summed E-state index contributed by atoms with van der Waals surface area (Å²) in [5.74, 6) is 0. The van der Waals surface area contributed by atoms with Gasteiger partial charge in [0.2, 0.25) is 0 Å². The van der Waals surface area contributed by atoms with Gasteiger partial charge in [0.05, 0.1) is 27.9 Å². The van der Waals surface area contributed by atoms with Gasteiger partial charge in [0, 0.05) is 17.0 Å². The van der Waals surface area contributed by atoms with Crippen molar-refractivity contribution in [2.75, 3.05) is 0 Å². The lowest BCUT2D eigenvalue weighted by Gasteiger charge is -2.32. The standard InChI is InChI=1S/C39H40B2FNO4Si/c1-36(2)37(3,4)45-40(44-36)29-18-20-31-27(23-29)16-17-28-24-30(41-46-38(5,6)39(7,8)47-41)19-21-32(28)48(31,42)33-13-9-11-25-14-15-26-12-10-22-43-35(26)34(25)33/h9-24H,1-8H3. The summed E-state index contributed by atoms with van der Waals surface area (Å²) in [6.45, 7) is 16.4. The van der Waals surface area contributed by atoms with E-state index in [4.69, 9.17) is 23.6 Å². The lowest BCUT2D eigenvalue weighted by molar-refractivity contribution is 0.00578. The highest BCUT2D eigenvalue weighted by molar-refractivity contribution is 7.08. The second kappa shape index (κ2) is 10.5. The van der Waals surface area contributed by atoms with Crippen LogP contribution in [0.25, 0.3) is 33.8 Å². The molecule has 0 saturated carbocycles. The van der Waals surface area contributed by atoms with Crippen LogP contribution < -0.4 is 26.5 Å². The van der Waals surface area contributed by atoms with Crippen LogP contribution in [-0.4, -0.2) is 50.0 Å². The molecule has 242 valence electrons. The van der Waals surface area contributed by atoms with Gasteiger partial charge in [0.15, 0.2) is 0 Å². The average Bonchev–Trinajstić information content (AvgIpc) is 3.35. The van der Waals surface area contributed by atoms with Gasteiger partial charge >= 0.3 is 22.6 Å². The molecule has 0 N–H and O–H groups in total. The summed E-state index contributed by atoms with van der Waals surface area (Å²) >= 11 is 0. The molecule has 0 unspecified atom stereocenters. The minimum atomic E-state index is -4.19. The molecule has 0 aliphatic carbocycles. The zero-order valence-electron chi connectivity index (χ0n) is 28.9. The Balaban J connectivity index is 1.35. The van der Waals surface area contributed by atoms with Crippen LogP contribution in [0.2, 0.25) is 0 Å². The van der Waals surface area contributed by atoms with Gasteiger partial charge in [-0.3, -0.25) is 9.09 Å². The van der Waals surface area contributed by atoms with Gasteiger partial charge in [-0.2, -0.15) is 0 Å². The molecule has 2 saturated heterocycles. The number of rotatable bonds is 3. The molecule has 48 heavy (non-hydrogen) atoms. The minimum absolute atomic E-state index is 0.490. The van der Waals surface area contributed by atoms with Gasteiger partial charge in [-0.15, -0.1) is 0 Å². The molecule has 0 bridgehead atoms. The normalized spacial score (nSPS) is 21.4. The summed E-state index contributed by atoms with van der Waals surface area (Å²) < 4.78 is 44.9. The smallest absolute Gasteiger partial charge is 0.399 e. The molecule has 3 aliphatic heterocycles. The fourth-order valence-electron chi connectivity index (χ4n) is 7.13. The predicted octanol–water partition coefficient (Wildman–Crippen LogP) is 5.41. The summed E-state index contributed by atoms with van der Waals surface area (Å²) in [7, 11) is -5.31. The van der Waals surface area contributed by atoms with Gasteiger partial charge in [0.1, 0.15) is 0 Å². The van der Waals surface area contributed by atoms with E-state index in [0.29, 0.717) is 15.6 Å². The Morgan fingerprint density at radius 3 is 1.56 bits per heavy atom. The Labute approximate surface area is 283 Å². The van der Waals surface area contributed by atoms with Crippen LogP contribution in [0.15, 0.2) is 85.1 Å². The summed E-state index contributed by atoms with van der Waals surface area (Å²) in [4.78, 5) is 4.79. The number of pyridine rings is 1. The molecule has 8 rings (SSSR count). The molecule has 2 fully saturated rings. The third-order valence-corrected chi connectivity index (χ3v) is 14.9. The predicted molar refractivity (Wildman–Crippen MR) is 198 cm³/mol. The topological polar surface area (TPSA) is 49.8 Å².